The fourth-order valence-corrected chi connectivity index (χ4v) is 4.26. The van der Waals surface area contributed by atoms with Crippen molar-refractivity contribution in [1.82, 2.24) is 5.43 Å². The fraction of sp³-hybridized carbons (Fsp3) is 0.250. The molecular weight excluding hydrogens is 307 g/mol. The monoisotopic (exact) mass is 322 g/mol. The van der Waals surface area contributed by atoms with E-state index in [2.05, 4.69) is 17.6 Å². The maximum Gasteiger partial charge on any atom is 0.145 e. The highest BCUT2D eigenvalue weighted by molar-refractivity contribution is 8.00. The van der Waals surface area contributed by atoms with Gasteiger partial charge in [-0.05, 0) is 36.1 Å². The molecule has 3 rings (SSSR count). The molecule has 0 spiro atoms. The van der Waals surface area contributed by atoms with Crippen LogP contribution in [0.15, 0.2) is 47.4 Å². The maximum absolute atomic E-state index is 14.0. The summed E-state index contributed by atoms with van der Waals surface area (Å²) >= 11 is 7.64. The first-order valence-electron chi connectivity index (χ1n) is 6.82. The Kier molecular flexibility index (Phi) is 4.50. The number of benzene rings is 2. The molecule has 110 valence electrons. The standard InChI is InChI=1S/C16H16ClFN2S/c17-12-6-3-5-11(16(12)18)8-13(20-19)15-9-10-4-1-2-7-14(10)21-15/h1-7,13,15,20H,8-9,19H2. The van der Waals surface area contributed by atoms with Gasteiger partial charge in [0.1, 0.15) is 5.82 Å². The number of rotatable bonds is 4. The largest absolute Gasteiger partial charge is 0.271 e. The molecule has 2 aromatic rings. The van der Waals surface area contributed by atoms with E-state index in [1.807, 2.05) is 12.1 Å². The third-order valence-electron chi connectivity index (χ3n) is 3.81. The van der Waals surface area contributed by atoms with Crippen LogP contribution in [-0.2, 0) is 12.8 Å². The number of hydrogen-bond donors (Lipinski definition) is 2. The molecule has 0 fully saturated rings. The number of fused-ring (bicyclic) bond motifs is 1. The van der Waals surface area contributed by atoms with Crippen molar-refractivity contribution < 1.29 is 4.39 Å². The van der Waals surface area contributed by atoms with Crippen LogP contribution < -0.4 is 11.3 Å². The lowest BCUT2D eigenvalue weighted by Crippen LogP contribution is -2.44. The summed E-state index contributed by atoms with van der Waals surface area (Å²) in [5, 5.41) is 0.455. The molecule has 1 heterocycles. The summed E-state index contributed by atoms with van der Waals surface area (Å²) in [7, 11) is 0. The minimum atomic E-state index is -0.347. The zero-order chi connectivity index (χ0) is 14.8. The van der Waals surface area contributed by atoms with Crippen LogP contribution in [0.4, 0.5) is 4.39 Å². The van der Waals surface area contributed by atoms with Crippen molar-refractivity contribution >= 4 is 23.4 Å². The van der Waals surface area contributed by atoms with Gasteiger partial charge in [-0.25, -0.2) is 4.39 Å². The number of hydrazine groups is 1. The van der Waals surface area contributed by atoms with Crippen LogP contribution in [0.25, 0.3) is 0 Å². The van der Waals surface area contributed by atoms with Crippen LogP contribution in [-0.4, -0.2) is 11.3 Å². The summed E-state index contributed by atoms with van der Waals surface area (Å²) in [6.45, 7) is 0. The molecule has 3 N–H and O–H groups in total. The third kappa shape index (κ3) is 3.09. The van der Waals surface area contributed by atoms with E-state index >= 15 is 0 Å². The first-order valence-corrected chi connectivity index (χ1v) is 8.08. The van der Waals surface area contributed by atoms with Crippen molar-refractivity contribution in [3.05, 3.63) is 64.4 Å². The van der Waals surface area contributed by atoms with Gasteiger partial charge in [-0.3, -0.25) is 11.3 Å². The van der Waals surface area contributed by atoms with Gasteiger partial charge in [0.25, 0.3) is 0 Å². The average molecular weight is 323 g/mol. The molecule has 1 aliphatic heterocycles. The van der Waals surface area contributed by atoms with Gasteiger partial charge in [-0.1, -0.05) is 41.9 Å². The Bertz CT molecular complexity index is 625. The molecule has 5 heteroatoms. The van der Waals surface area contributed by atoms with E-state index < -0.39 is 0 Å². The fourth-order valence-electron chi connectivity index (χ4n) is 2.67. The van der Waals surface area contributed by atoms with Gasteiger partial charge >= 0.3 is 0 Å². The third-order valence-corrected chi connectivity index (χ3v) is 5.55. The molecule has 21 heavy (non-hydrogen) atoms. The van der Waals surface area contributed by atoms with E-state index in [0.29, 0.717) is 17.2 Å². The molecule has 2 atom stereocenters. The van der Waals surface area contributed by atoms with Crippen LogP contribution >= 0.6 is 23.4 Å². The summed E-state index contributed by atoms with van der Waals surface area (Å²) in [6, 6.07) is 13.4. The van der Waals surface area contributed by atoms with Gasteiger partial charge in [0, 0.05) is 16.2 Å². The quantitative estimate of drug-likeness (QED) is 0.667. The number of hydrogen-bond acceptors (Lipinski definition) is 3. The minimum Gasteiger partial charge on any atom is -0.271 e. The molecule has 0 amide bonds. The van der Waals surface area contributed by atoms with Crippen molar-refractivity contribution in [2.24, 2.45) is 5.84 Å². The minimum absolute atomic E-state index is 0.00429. The Hall–Kier alpha value is -1.07. The Labute approximate surface area is 132 Å². The second kappa shape index (κ2) is 6.36. The van der Waals surface area contributed by atoms with E-state index in [9.17, 15) is 4.39 Å². The lowest BCUT2D eigenvalue weighted by Gasteiger charge is -2.22. The van der Waals surface area contributed by atoms with E-state index in [0.717, 1.165) is 6.42 Å². The molecule has 0 aromatic heterocycles. The van der Waals surface area contributed by atoms with Gasteiger partial charge in [-0.2, -0.15) is 0 Å². The highest BCUT2D eigenvalue weighted by Gasteiger charge is 2.29. The predicted octanol–water partition coefficient (Wildman–Crippen LogP) is 3.57. The molecule has 0 aliphatic carbocycles. The molecule has 1 aliphatic rings. The van der Waals surface area contributed by atoms with Gasteiger partial charge in [0.15, 0.2) is 0 Å². The van der Waals surface area contributed by atoms with Gasteiger partial charge in [0.2, 0.25) is 0 Å². The molecular formula is C16H16ClFN2S. The van der Waals surface area contributed by atoms with Gasteiger partial charge in [-0.15, -0.1) is 11.8 Å². The summed E-state index contributed by atoms with van der Waals surface area (Å²) in [6.07, 6.45) is 1.46. The van der Waals surface area contributed by atoms with Crippen LogP contribution in [0.5, 0.6) is 0 Å². The lowest BCUT2D eigenvalue weighted by atomic mass is 9.99. The normalized spacial score (nSPS) is 18.5. The summed E-state index contributed by atoms with van der Waals surface area (Å²) in [5.74, 6) is 5.36. The highest BCUT2D eigenvalue weighted by Crippen LogP contribution is 2.39. The molecule has 2 nitrogen and oxygen atoms in total. The predicted molar refractivity (Wildman–Crippen MR) is 86.0 cm³/mol. The van der Waals surface area contributed by atoms with E-state index in [-0.39, 0.29) is 16.9 Å². The van der Waals surface area contributed by atoms with Crippen molar-refractivity contribution in [3.63, 3.8) is 0 Å². The average Bonchev–Trinajstić information content (AvgIpc) is 2.92. The second-order valence-corrected chi connectivity index (χ2v) is 6.85. The molecule has 2 unspecified atom stereocenters. The van der Waals surface area contributed by atoms with Crippen LogP contribution in [0.3, 0.4) is 0 Å². The van der Waals surface area contributed by atoms with Crippen molar-refractivity contribution in [2.45, 2.75) is 29.0 Å². The number of nitrogens with two attached hydrogens (primary N) is 1. The smallest absolute Gasteiger partial charge is 0.145 e. The highest BCUT2D eigenvalue weighted by atomic mass is 35.5. The topological polar surface area (TPSA) is 38.0 Å². The first-order chi connectivity index (χ1) is 10.2. The van der Waals surface area contributed by atoms with Crippen molar-refractivity contribution in [1.29, 1.82) is 0 Å². The van der Waals surface area contributed by atoms with Crippen LogP contribution in [0.1, 0.15) is 11.1 Å². The van der Waals surface area contributed by atoms with Gasteiger partial charge in [0.05, 0.1) is 5.02 Å². The van der Waals surface area contributed by atoms with Crippen molar-refractivity contribution in [3.8, 4) is 0 Å². The molecule has 2 aromatic carbocycles. The number of thioether (sulfide) groups is 1. The molecule has 0 bridgehead atoms. The molecule has 0 saturated heterocycles. The van der Waals surface area contributed by atoms with Crippen molar-refractivity contribution in [2.75, 3.05) is 0 Å². The lowest BCUT2D eigenvalue weighted by molar-refractivity contribution is 0.493. The Morgan fingerprint density at radius 2 is 2.10 bits per heavy atom. The Morgan fingerprint density at radius 3 is 2.86 bits per heavy atom. The SMILES string of the molecule is NNC(Cc1cccc(Cl)c1F)C1Cc2ccccc2S1. The first kappa shape index (κ1) is 14.9. The summed E-state index contributed by atoms with van der Waals surface area (Å²) < 4.78 is 14.0. The number of halogens is 2. The summed E-state index contributed by atoms with van der Waals surface area (Å²) in [5.41, 5.74) is 4.78. The second-order valence-electron chi connectivity index (χ2n) is 5.16. The zero-order valence-corrected chi connectivity index (χ0v) is 12.9. The number of nitrogens with one attached hydrogen (secondary N) is 1. The zero-order valence-electron chi connectivity index (χ0n) is 11.4. The van der Waals surface area contributed by atoms with E-state index in [1.54, 1.807) is 30.0 Å². The van der Waals surface area contributed by atoms with E-state index in [4.69, 9.17) is 17.4 Å². The molecule has 0 radical (unpaired) electrons. The van der Waals surface area contributed by atoms with Gasteiger partial charge < -0.3 is 0 Å². The van der Waals surface area contributed by atoms with E-state index in [1.165, 1.54) is 10.5 Å². The Morgan fingerprint density at radius 1 is 1.29 bits per heavy atom. The van der Waals surface area contributed by atoms with Crippen LogP contribution in [0, 0.1) is 5.82 Å². The summed E-state index contributed by atoms with van der Waals surface area (Å²) in [4.78, 5) is 1.29. The molecule has 0 saturated carbocycles. The maximum atomic E-state index is 14.0. The van der Waals surface area contributed by atoms with Crippen LogP contribution in [0.2, 0.25) is 5.02 Å². The Balaban J connectivity index is 1.77.